The molecule has 0 aromatic heterocycles. The molecule has 0 aliphatic heterocycles. The number of anilines is 1. The van der Waals surface area contributed by atoms with Crippen molar-refractivity contribution in [2.24, 2.45) is 0 Å². The standard InChI is InChI=1S/C16H24N2O3/c1-2-20-8-9-21-11-16(19)18-15-5-3-4-12-10-13(17)6-7-14(12)15/h6-7,10,15H,2-5,8-9,11,17H2,1H3,(H,18,19). The van der Waals surface area contributed by atoms with Crippen LogP contribution < -0.4 is 11.1 Å². The van der Waals surface area contributed by atoms with E-state index in [1.54, 1.807) is 0 Å². The second-order valence-electron chi connectivity index (χ2n) is 5.22. The van der Waals surface area contributed by atoms with Crippen LogP contribution in [-0.4, -0.2) is 32.3 Å². The van der Waals surface area contributed by atoms with E-state index in [9.17, 15) is 4.79 Å². The van der Waals surface area contributed by atoms with Crippen LogP contribution in [0.25, 0.3) is 0 Å². The van der Waals surface area contributed by atoms with Gasteiger partial charge in [0.2, 0.25) is 5.91 Å². The Morgan fingerprint density at radius 2 is 2.19 bits per heavy atom. The lowest BCUT2D eigenvalue weighted by molar-refractivity contribution is -0.127. The minimum absolute atomic E-state index is 0.0670. The van der Waals surface area contributed by atoms with Gasteiger partial charge in [-0.3, -0.25) is 4.79 Å². The fraction of sp³-hybridized carbons (Fsp3) is 0.562. The summed E-state index contributed by atoms with van der Waals surface area (Å²) in [7, 11) is 0. The third kappa shape index (κ3) is 4.72. The van der Waals surface area contributed by atoms with E-state index in [4.69, 9.17) is 15.2 Å². The van der Waals surface area contributed by atoms with Crippen LogP contribution >= 0.6 is 0 Å². The van der Waals surface area contributed by atoms with Crippen molar-refractivity contribution < 1.29 is 14.3 Å². The van der Waals surface area contributed by atoms with Gasteiger partial charge >= 0.3 is 0 Å². The van der Waals surface area contributed by atoms with Crippen molar-refractivity contribution in [3.05, 3.63) is 29.3 Å². The molecule has 1 aromatic rings. The summed E-state index contributed by atoms with van der Waals surface area (Å²) in [4.78, 5) is 11.9. The predicted molar refractivity (Wildman–Crippen MR) is 82.0 cm³/mol. The molecular weight excluding hydrogens is 268 g/mol. The van der Waals surface area contributed by atoms with Gasteiger partial charge in [-0.05, 0) is 49.4 Å². The summed E-state index contributed by atoms with van der Waals surface area (Å²) in [5, 5.41) is 3.04. The van der Waals surface area contributed by atoms with Crippen molar-refractivity contribution >= 4 is 11.6 Å². The molecule has 1 aliphatic rings. The van der Waals surface area contributed by atoms with Crippen molar-refractivity contribution in [1.29, 1.82) is 0 Å². The number of benzene rings is 1. The third-order valence-corrected chi connectivity index (χ3v) is 3.63. The van der Waals surface area contributed by atoms with E-state index >= 15 is 0 Å². The molecule has 3 N–H and O–H groups in total. The Morgan fingerprint density at radius 3 is 3.00 bits per heavy atom. The van der Waals surface area contributed by atoms with Gasteiger partial charge in [-0.1, -0.05) is 6.07 Å². The zero-order chi connectivity index (χ0) is 15.1. The highest BCUT2D eigenvalue weighted by atomic mass is 16.5. The van der Waals surface area contributed by atoms with E-state index in [0.717, 1.165) is 24.9 Å². The first-order chi connectivity index (χ1) is 10.2. The van der Waals surface area contributed by atoms with Gasteiger partial charge < -0.3 is 20.5 Å². The SMILES string of the molecule is CCOCCOCC(=O)NC1CCCc2cc(N)ccc21. The number of amides is 1. The van der Waals surface area contributed by atoms with Gasteiger partial charge in [0.05, 0.1) is 19.3 Å². The fourth-order valence-corrected chi connectivity index (χ4v) is 2.65. The Morgan fingerprint density at radius 1 is 1.38 bits per heavy atom. The van der Waals surface area contributed by atoms with E-state index in [1.165, 1.54) is 11.1 Å². The molecule has 2 rings (SSSR count). The number of nitrogen functional groups attached to an aromatic ring is 1. The molecule has 1 aliphatic carbocycles. The summed E-state index contributed by atoms with van der Waals surface area (Å²) < 4.78 is 10.4. The molecule has 0 spiro atoms. The van der Waals surface area contributed by atoms with Crippen LogP contribution in [0.15, 0.2) is 18.2 Å². The number of ether oxygens (including phenoxy) is 2. The quantitative estimate of drug-likeness (QED) is 0.594. The van der Waals surface area contributed by atoms with Crippen LogP contribution in [0.2, 0.25) is 0 Å². The molecule has 0 bridgehead atoms. The van der Waals surface area contributed by atoms with Gasteiger partial charge in [0.1, 0.15) is 6.61 Å². The number of rotatable bonds is 7. The molecule has 116 valence electrons. The van der Waals surface area contributed by atoms with Gasteiger partial charge in [0.15, 0.2) is 0 Å². The normalized spacial score (nSPS) is 17.3. The Labute approximate surface area is 125 Å². The first kappa shape index (κ1) is 15.8. The summed E-state index contributed by atoms with van der Waals surface area (Å²) >= 11 is 0. The minimum Gasteiger partial charge on any atom is -0.399 e. The van der Waals surface area contributed by atoms with Crippen molar-refractivity contribution in [2.45, 2.75) is 32.2 Å². The molecule has 0 radical (unpaired) electrons. The van der Waals surface area contributed by atoms with Gasteiger partial charge in [0, 0.05) is 12.3 Å². The monoisotopic (exact) mass is 292 g/mol. The number of hydrogen-bond donors (Lipinski definition) is 2. The highest BCUT2D eigenvalue weighted by Crippen LogP contribution is 2.30. The molecule has 1 amide bonds. The Kier molecular flexibility index (Phi) is 6.02. The molecule has 1 atom stereocenters. The molecular formula is C16H24N2O3. The summed E-state index contributed by atoms with van der Waals surface area (Å²) in [6, 6.07) is 5.98. The average molecular weight is 292 g/mol. The van der Waals surface area contributed by atoms with E-state index in [2.05, 4.69) is 5.32 Å². The van der Waals surface area contributed by atoms with Gasteiger partial charge in [0.25, 0.3) is 0 Å². The maximum absolute atomic E-state index is 11.9. The van der Waals surface area contributed by atoms with Crippen molar-refractivity contribution in [3.63, 3.8) is 0 Å². The zero-order valence-electron chi connectivity index (χ0n) is 12.6. The highest BCUT2D eigenvalue weighted by Gasteiger charge is 2.21. The fourth-order valence-electron chi connectivity index (χ4n) is 2.65. The van der Waals surface area contributed by atoms with Crippen molar-refractivity contribution in [2.75, 3.05) is 32.2 Å². The van der Waals surface area contributed by atoms with Gasteiger partial charge in [-0.25, -0.2) is 0 Å². The van der Waals surface area contributed by atoms with Crippen LogP contribution in [0, 0.1) is 0 Å². The van der Waals surface area contributed by atoms with E-state index < -0.39 is 0 Å². The topological polar surface area (TPSA) is 73.6 Å². The largest absolute Gasteiger partial charge is 0.399 e. The molecule has 21 heavy (non-hydrogen) atoms. The van der Waals surface area contributed by atoms with E-state index in [0.29, 0.717) is 19.8 Å². The van der Waals surface area contributed by atoms with Gasteiger partial charge in [-0.2, -0.15) is 0 Å². The lowest BCUT2D eigenvalue weighted by Gasteiger charge is -2.26. The number of carbonyl (C=O) groups is 1. The Hall–Kier alpha value is -1.59. The van der Waals surface area contributed by atoms with E-state index in [1.807, 2.05) is 25.1 Å². The molecule has 1 aromatic carbocycles. The van der Waals surface area contributed by atoms with Crippen LogP contribution in [-0.2, 0) is 20.7 Å². The summed E-state index contributed by atoms with van der Waals surface area (Å²) in [6.07, 6.45) is 3.05. The van der Waals surface area contributed by atoms with Gasteiger partial charge in [-0.15, -0.1) is 0 Å². The van der Waals surface area contributed by atoms with E-state index in [-0.39, 0.29) is 18.6 Å². The highest BCUT2D eigenvalue weighted by molar-refractivity contribution is 5.77. The molecule has 0 saturated carbocycles. The number of nitrogens with one attached hydrogen (secondary N) is 1. The van der Waals surface area contributed by atoms with Crippen molar-refractivity contribution in [1.82, 2.24) is 5.32 Å². The second kappa shape index (κ2) is 8.00. The second-order valence-corrected chi connectivity index (χ2v) is 5.22. The predicted octanol–water partition coefficient (Wildman–Crippen LogP) is 1.82. The van der Waals surface area contributed by atoms with Crippen LogP contribution in [0.3, 0.4) is 0 Å². The maximum atomic E-state index is 11.9. The average Bonchev–Trinajstić information content (AvgIpc) is 2.47. The number of hydrogen-bond acceptors (Lipinski definition) is 4. The maximum Gasteiger partial charge on any atom is 0.246 e. The van der Waals surface area contributed by atoms with Crippen molar-refractivity contribution in [3.8, 4) is 0 Å². The smallest absolute Gasteiger partial charge is 0.246 e. The lowest BCUT2D eigenvalue weighted by Crippen LogP contribution is -2.33. The van der Waals surface area contributed by atoms with Crippen LogP contribution in [0.4, 0.5) is 5.69 Å². The number of aryl methyl sites for hydroxylation is 1. The number of fused-ring (bicyclic) bond motifs is 1. The summed E-state index contributed by atoms with van der Waals surface area (Å²) in [6.45, 7) is 3.64. The zero-order valence-corrected chi connectivity index (χ0v) is 12.6. The molecule has 0 fully saturated rings. The third-order valence-electron chi connectivity index (χ3n) is 3.63. The first-order valence-corrected chi connectivity index (χ1v) is 7.54. The first-order valence-electron chi connectivity index (χ1n) is 7.54. The van der Waals surface area contributed by atoms with Crippen LogP contribution in [0.1, 0.15) is 36.9 Å². The summed E-state index contributed by atoms with van der Waals surface area (Å²) in [5.74, 6) is -0.0822. The molecule has 0 heterocycles. The molecule has 1 unspecified atom stereocenters. The Balaban J connectivity index is 1.82. The number of carbonyl (C=O) groups excluding carboxylic acids is 1. The van der Waals surface area contributed by atoms with Crippen LogP contribution in [0.5, 0.6) is 0 Å². The molecule has 0 saturated heterocycles. The lowest BCUT2D eigenvalue weighted by atomic mass is 9.87. The minimum atomic E-state index is -0.0822. The Bertz CT molecular complexity index is 477. The summed E-state index contributed by atoms with van der Waals surface area (Å²) in [5.41, 5.74) is 9.01. The molecule has 5 heteroatoms. The number of nitrogens with two attached hydrogens (primary N) is 1. The molecule has 5 nitrogen and oxygen atoms in total.